The highest BCUT2D eigenvalue weighted by Gasteiger charge is 2.15. The van der Waals surface area contributed by atoms with Crippen LogP contribution in [-0.2, 0) is 13.0 Å². The van der Waals surface area contributed by atoms with Gasteiger partial charge in [-0.3, -0.25) is 4.79 Å². The summed E-state index contributed by atoms with van der Waals surface area (Å²) < 4.78 is 2.92. The fourth-order valence-corrected chi connectivity index (χ4v) is 3.75. The van der Waals surface area contributed by atoms with E-state index in [1.54, 1.807) is 10.6 Å². The molecule has 140 valence electrons. The number of nitrogens with zero attached hydrogens (tertiary/aromatic N) is 1. The molecular formula is C21H20INO4. The largest absolute Gasteiger partial charge is 0.477 e. The van der Waals surface area contributed by atoms with Crippen LogP contribution in [0, 0.1) is 10.5 Å². The van der Waals surface area contributed by atoms with Crippen molar-refractivity contribution in [1.82, 2.24) is 4.57 Å². The zero-order valence-corrected chi connectivity index (χ0v) is 17.1. The van der Waals surface area contributed by atoms with E-state index in [2.05, 4.69) is 41.6 Å². The predicted molar refractivity (Wildman–Crippen MR) is 114 cm³/mol. The second-order valence-electron chi connectivity index (χ2n) is 6.50. The zero-order chi connectivity index (χ0) is 19.6. The number of benzene rings is 2. The Kier molecular flexibility index (Phi) is 5.96. The highest BCUT2D eigenvalue weighted by molar-refractivity contribution is 14.1. The van der Waals surface area contributed by atoms with Gasteiger partial charge in [0, 0.05) is 28.3 Å². The van der Waals surface area contributed by atoms with Crippen molar-refractivity contribution in [3.63, 3.8) is 0 Å². The lowest BCUT2D eigenvalue weighted by Gasteiger charge is -2.13. The SMILES string of the molecule is Cc1c(I)cccc1Cc1ccc2c(c1)c(=O)c(C(=O)O)cn2CCCO. The average molecular weight is 477 g/mol. The number of aliphatic hydroxyl groups is 1. The van der Waals surface area contributed by atoms with Gasteiger partial charge in [-0.25, -0.2) is 4.79 Å². The number of aryl methyl sites for hydroxylation is 1. The highest BCUT2D eigenvalue weighted by atomic mass is 127. The number of aliphatic hydroxyl groups excluding tert-OH is 1. The van der Waals surface area contributed by atoms with Crippen LogP contribution in [0.5, 0.6) is 0 Å². The lowest BCUT2D eigenvalue weighted by molar-refractivity contribution is 0.0695. The molecule has 0 aliphatic heterocycles. The molecule has 1 heterocycles. The molecule has 1 aromatic heterocycles. The summed E-state index contributed by atoms with van der Waals surface area (Å²) in [6.07, 6.45) is 2.53. The van der Waals surface area contributed by atoms with Crippen LogP contribution in [0.1, 0.15) is 33.5 Å². The number of carboxylic acids is 1. The molecule has 6 heteroatoms. The fourth-order valence-electron chi connectivity index (χ4n) is 3.20. The van der Waals surface area contributed by atoms with Gasteiger partial charge in [-0.05, 0) is 77.2 Å². The Morgan fingerprint density at radius 1 is 1.22 bits per heavy atom. The van der Waals surface area contributed by atoms with Gasteiger partial charge in [0.15, 0.2) is 0 Å². The standard InChI is InChI=1S/C21H20INO4/c1-13-15(4-2-5-18(13)22)10-14-6-7-19-16(11-14)20(25)17(21(26)27)12-23(19)8-3-9-24/h2,4-7,11-12,24H,3,8-10H2,1H3,(H,26,27). The zero-order valence-electron chi connectivity index (χ0n) is 14.9. The minimum Gasteiger partial charge on any atom is -0.477 e. The van der Waals surface area contributed by atoms with Crippen molar-refractivity contribution >= 4 is 39.5 Å². The maximum atomic E-state index is 12.7. The van der Waals surface area contributed by atoms with Gasteiger partial charge in [-0.2, -0.15) is 0 Å². The van der Waals surface area contributed by atoms with Crippen molar-refractivity contribution in [3.05, 3.63) is 78.6 Å². The van der Waals surface area contributed by atoms with Crippen LogP contribution in [0.2, 0.25) is 0 Å². The Morgan fingerprint density at radius 2 is 2.00 bits per heavy atom. The highest BCUT2D eigenvalue weighted by Crippen LogP contribution is 2.21. The molecule has 27 heavy (non-hydrogen) atoms. The summed E-state index contributed by atoms with van der Waals surface area (Å²) >= 11 is 2.30. The number of carbonyl (C=O) groups is 1. The van der Waals surface area contributed by atoms with E-state index < -0.39 is 11.4 Å². The predicted octanol–water partition coefficient (Wildman–Crippen LogP) is 3.59. The molecule has 3 rings (SSSR count). The normalized spacial score (nSPS) is 11.1. The maximum absolute atomic E-state index is 12.7. The van der Waals surface area contributed by atoms with Gasteiger partial charge in [0.05, 0.1) is 5.52 Å². The number of carboxylic acid groups (broad SMARTS) is 1. The Labute approximate surface area is 170 Å². The third-order valence-electron chi connectivity index (χ3n) is 4.71. The summed E-state index contributed by atoms with van der Waals surface area (Å²) in [5.41, 5.74) is 3.30. The topological polar surface area (TPSA) is 79.5 Å². The molecule has 0 bridgehead atoms. The van der Waals surface area contributed by atoms with E-state index in [9.17, 15) is 14.7 Å². The van der Waals surface area contributed by atoms with Crippen LogP contribution in [-0.4, -0.2) is 27.4 Å². The van der Waals surface area contributed by atoms with E-state index in [4.69, 9.17) is 5.11 Å². The number of fused-ring (bicyclic) bond motifs is 1. The van der Waals surface area contributed by atoms with Crippen molar-refractivity contribution in [2.75, 3.05) is 6.61 Å². The number of aromatic carboxylic acids is 1. The second kappa shape index (κ2) is 8.22. The molecule has 0 unspecified atom stereocenters. The van der Waals surface area contributed by atoms with E-state index in [1.165, 1.54) is 20.9 Å². The van der Waals surface area contributed by atoms with E-state index in [1.807, 2.05) is 18.2 Å². The molecule has 0 aliphatic rings. The minimum absolute atomic E-state index is 0.0000273. The molecule has 0 fully saturated rings. The Morgan fingerprint density at radius 3 is 2.70 bits per heavy atom. The average Bonchev–Trinajstić information content (AvgIpc) is 2.65. The van der Waals surface area contributed by atoms with Gasteiger partial charge in [-0.15, -0.1) is 0 Å². The van der Waals surface area contributed by atoms with E-state index >= 15 is 0 Å². The number of aromatic nitrogens is 1. The van der Waals surface area contributed by atoms with E-state index in [0.29, 0.717) is 30.3 Å². The molecule has 3 aromatic rings. The summed E-state index contributed by atoms with van der Waals surface area (Å²) in [5, 5.41) is 18.9. The molecule has 0 radical (unpaired) electrons. The molecular weight excluding hydrogens is 457 g/mol. The van der Waals surface area contributed by atoms with Gasteiger partial charge in [0.1, 0.15) is 5.56 Å². The Balaban J connectivity index is 2.13. The van der Waals surface area contributed by atoms with Crippen molar-refractivity contribution in [3.8, 4) is 0 Å². The number of hydrogen-bond donors (Lipinski definition) is 2. The molecule has 0 amide bonds. The fraction of sp³-hybridized carbons (Fsp3) is 0.238. The van der Waals surface area contributed by atoms with Gasteiger partial charge in [0.25, 0.3) is 0 Å². The van der Waals surface area contributed by atoms with Crippen LogP contribution in [0.25, 0.3) is 10.9 Å². The van der Waals surface area contributed by atoms with Gasteiger partial charge >= 0.3 is 5.97 Å². The van der Waals surface area contributed by atoms with Crippen LogP contribution < -0.4 is 5.43 Å². The lowest BCUT2D eigenvalue weighted by atomic mass is 9.99. The summed E-state index contributed by atoms with van der Waals surface area (Å²) in [5.74, 6) is -1.24. The number of halogens is 1. The molecule has 5 nitrogen and oxygen atoms in total. The van der Waals surface area contributed by atoms with Crippen LogP contribution in [0.4, 0.5) is 0 Å². The number of rotatable bonds is 6. The lowest BCUT2D eigenvalue weighted by Crippen LogP contribution is -2.19. The smallest absolute Gasteiger partial charge is 0.341 e. The third-order valence-corrected chi connectivity index (χ3v) is 5.88. The Hall–Kier alpha value is -2.19. The first-order chi connectivity index (χ1) is 12.9. The molecule has 0 atom stereocenters. The van der Waals surface area contributed by atoms with Crippen molar-refractivity contribution in [2.24, 2.45) is 0 Å². The molecule has 0 spiro atoms. The summed E-state index contributed by atoms with van der Waals surface area (Å²) in [4.78, 5) is 24.2. The minimum atomic E-state index is -1.24. The van der Waals surface area contributed by atoms with Gasteiger partial charge in [-0.1, -0.05) is 18.2 Å². The van der Waals surface area contributed by atoms with Crippen molar-refractivity contribution in [1.29, 1.82) is 0 Å². The molecule has 2 aromatic carbocycles. The second-order valence-corrected chi connectivity index (χ2v) is 7.66. The monoisotopic (exact) mass is 477 g/mol. The van der Waals surface area contributed by atoms with Gasteiger partial charge in [0.2, 0.25) is 5.43 Å². The van der Waals surface area contributed by atoms with Crippen LogP contribution in [0.3, 0.4) is 0 Å². The number of pyridine rings is 1. The molecule has 0 saturated carbocycles. The van der Waals surface area contributed by atoms with Gasteiger partial charge < -0.3 is 14.8 Å². The van der Waals surface area contributed by atoms with Crippen LogP contribution >= 0.6 is 22.6 Å². The summed E-state index contributed by atoms with van der Waals surface area (Å²) in [6, 6.07) is 11.7. The molecule has 0 aliphatic carbocycles. The van der Waals surface area contributed by atoms with Crippen LogP contribution in [0.15, 0.2) is 47.4 Å². The quantitative estimate of drug-likeness (QED) is 0.532. The van der Waals surface area contributed by atoms with E-state index in [-0.39, 0.29) is 12.2 Å². The summed E-state index contributed by atoms with van der Waals surface area (Å²) in [6.45, 7) is 2.52. The summed E-state index contributed by atoms with van der Waals surface area (Å²) in [7, 11) is 0. The Bertz CT molecular complexity index is 1070. The third kappa shape index (κ3) is 4.06. The molecule has 0 saturated heterocycles. The first-order valence-electron chi connectivity index (χ1n) is 8.66. The first-order valence-corrected chi connectivity index (χ1v) is 9.74. The molecule has 2 N–H and O–H groups in total. The number of hydrogen-bond acceptors (Lipinski definition) is 3. The van der Waals surface area contributed by atoms with Crippen molar-refractivity contribution in [2.45, 2.75) is 26.3 Å². The first kappa shape index (κ1) is 19.6. The van der Waals surface area contributed by atoms with Crippen molar-refractivity contribution < 1.29 is 15.0 Å². The maximum Gasteiger partial charge on any atom is 0.341 e. The van der Waals surface area contributed by atoms with E-state index in [0.717, 1.165) is 5.56 Å².